The Balaban J connectivity index is 2.40. The van der Waals surface area contributed by atoms with E-state index in [0.29, 0.717) is 11.3 Å². The zero-order valence-corrected chi connectivity index (χ0v) is 10.6. The summed E-state index contributed by atoms with van der Waals surface area (Å²) in [5, 5.41) is 19.4. The van der Waals surface area contributed by atoms with Crippen molar-refractivity contribution in [1.82, 2.24) is 0 Å². The molecule has 0 radical (unpaired) electrons. The average Bonchev–Trinajstić information content (AvgIpc) is 2.46. The number of non-ortho nitro benzene ring substituents is 1. The van der Waals surface area contributed by atoms with E-state index in [1.807, 2.05) is 6.07 Å². The Kier molecular flexibility index (Phi) is 3.62. The lowest BCUT2D eigenvalue weighted by Gasteiger charge is -2.20. The van der Waals surface area contributed by atoms with Gasteiger partial charge < -0.3 is 4.90 Å². The number of halogens is 1. The number of nitro groups is 1. The Hall–Kier alpha value is -2.94. The highest BCUT2D eigenvalue weighted by Crippen LogP contribution is 2.29. The van der Waals surface area contributed by atoms with Crippen molar-refractivity contribution in [3.8, 4) is 6.07 Å². The minimum absolute atomic E-state index is 0.200. The molecule has 0 amide bonds. The third-order valence-electron chi connectivity index (χ3n) is 2.87. The van der Waals surface area contributed by atoms with E-state index in [1.165, 1.54) is 17.0 Å². The van der Waals surface area contributed by atoms with Gasteiger partial charge in [-0.25, -0.2) is 4.39 Å². The van der Waals surface area contributed by atoms with Gasteiger partial charge in [0.15, 0.2) is 5.82 Å². The first-order valence-corrected chi connectivity index (χ1v) is 5.71. The van der Waals surface area contributed by atoms with Crippen LogP contribution in [0, 0.1) is 27.3 Å². The van der Waals surface area contributed by atoms with Crippen molar-refractivity contribution in [3.05, 3.63) is 64.0 Å². The van der Waals surface area contributed by atoms with Crippen molar-refractivity contribution in [2.24, 2.45) is 0 Å². The van der Waals surface area contributed by atoms with E-state index >= 15 is 0 Å². The topological polar surface area (TPSA) is 70.2 Å². The normalized spacial score (nSPS) is 9.85. The highest BCUT2D eigenvalue weighted by Gasteiger charge is 2.14. The van der Waals surface area contributed by atoms with Crippen molar-refractivity contribution < 1.29 is 9.31 Å². The minimum Gasteiger partial charge on any atom is -0.342 e. The molecule has 0 aromatic heterocycles. The molecule has 20 heavy (non-hydrogen) atoms. The second-order valence-electron chi connectivity index (χ2n) is 4.11. The number of hydrogen-bond acceptors (Lipinski definition) is 4. The summed E-state index contributed by atoms with van der Waals surface area (Å²) in [6.45, 7) is 0. The van der Waals surface area contributed by atoms with E-state index < -0.39 is 10.7 Å². The maximum atomic E-state index is 13.9. The monoisotopic (exact) mass is 271 g/mol. The van der Waals surface area contributed by atoms with Crippen molar-refractivity contribution in [3.63, 3.8) is 0 Å². The van der Waals surface area contributed by atoms with Gasteiger partial charge in [0.05, 0.1) is 28.3 Å². The fraction of sp³-hybridized carbons (Fsp3) is 0.0714. The van der Waals surface area contributed by atoms with Gasteiger partial charge in [-0.15, -0.1) is 0 Å². The van der Waals surface area contributed by atoms with Gasteiger partial charge in [0.1, 0.15) is 0 Å². The molecule has 2 aromatic rings. The Labute approximate surface area is 114 Å². The zero-order chi connectivity index (χ0) is 14.7. The van der Waals surface area contributed by atoms with Crippen LogP contribution in [0.2, 0.25) is 0 Å². The molecule has 0 spiro atoms. The number of nitriles is 1. The van der Waals surface area contributed by atoms with Crippen LogP contribution in [0.1, 0.15) is 5.56 Å². The molecule has 0 aliphatic heterocycles. The highest BCUT2D eigenvalue weighted by molar-refractivity contribution is 5.65. The first-order chi connectivity index (χ1) is 9.52. The summed E-state index contributed by atoms with van der Waals surface area (Å²) in [6, 6.07) is 12.1. The molecule has 100 valence electrons. The van der Waals surface area contributed by atoms with E-state index in [1.54, 1.807) is 31.3 Å². The summed E-state index contributed by atoms with van der Waals surface area (Å²) in [7, 11) is 1.63. The number of hydrogen-bond donors (Lipinski definition) is 0. The van der Waals surface area contributed by atoms with Gasteiger partial charge in [0, 0.05) is 18.8 Å². The second kappa shape index (κ2) is 5.36. The first kappa shape index (κ1) is 13.5. The molecule has 2 rings (SSSR count). The number of nitro benzene ring substituents is 1. The van der Waals surface area contributed by atoms with Crippen LogP contribution in [-0.4, -0.2) is 12.0 Å². The SMILES string of the molecule is CN(c1cccc(C#N)c1)c1ccc([N+](=O)[O-])cc1F. The molecule has 0 N–H and O–H groups in total. The molecule has 0 aliphatic rings. The summed E-state index contributed by atoms with van der Waals surface area (Å²) in [5.41, 5.74) is 0.976. The largest absolute Gasteiger partial charge is 0.342 e. The van der Waals surface area contributed by atoms with Crippen LogP contribution in [-0.2, 0) is 0 Å². The Bertz CT molecular complexity index is 710. The van der Waals surface area contributed by atoms with Gasteiger partial charge >= 0.3 is 0 Å². The van der Waals surface area contributed by atoms with Crippen LogP contribution in [0.15, 0.2) is 42.5 Å². The lowest BCUT2D eigenvalue weighted by Crippen LogP contribution is -2.11. The van der Waals surface area contributed by atoms with E-state index in [0.717, 1.165) is 6.07 Å². The van der Waals surface area contributed by atoms with Gasteiger partial charge in [0.2, 0.25) is 0 Å². The lowest BCUT2D eigenvalue weighted by molar-refractivity contribution is -0.385. The number of anilines is 2. The fourth-order valence-electron chi connectivity index (χ4n) is 1.80. The molecule has 0 bridgehead atoms. The predicted molar refractivity (Wildman–Crippen MR) is 72.3 cm³/mol. The van der Waals surface area contributed by atoms with Crippen LogP contribution in [0.3, 0.4) is 0 Å². The Morgan fingerprint density at radius 1 is 1.30 bits per heavy atom. The van der Waals surface area contributed by atoms with Gasteiger partial charge in [-0.2, -0.15) is 5.26 Å². The first-order valence-electron chi connectivity index (χ1n) is 5.71. The molecular weight excluding hydrogens is 261 g/mol. The quantitative estimate of drug-likeness (QED) is 0.633. The minimum atomic E-state index is -0.691. The fourth-order valence-corrected chi connectivity index (χ4v) is 1.80. The third-order valence-corrected chi connectivity index (χ3v) is 2.87. The summed E-state index contributed by atoms with van der Waals surface area (Å²) in [4.78, 5) is 11.5. The second-order valence-corrected chi connectivity index (χ2v) is 4.11. The molecule has 0 unspecified atom stereocenters. The van der Waals surface area contributed by atoms with Crippen LogP contribution in [0.5, 0.6) is 0 Å². The van der Waals surface area contributed by atoms with Crippen LogP contribution in [0.4, 0.5) is 21.5 Å². The summed E-state index contributed by atoms with van der Waals surface area (Å²) in [5.74, 6) is -0.691. The predicted octanol–water partition coefficient (Wildman–Crippen LogP) is 3.37. The van der Waals surface area contributed by atoms with Crippen LogP contribution in [0.25, 0.3) is 0 Å². The van der Waals surface area contributed by atoms with Crippen LogP contribution >= 0.6 is 0 Å². The maximum Gasteiger partial charge on any atom is 0.272 e. The molecule has 0 aliphatic carbocycles. The molecule has 0 saturated carbocycles. The van der Waals surface area contributed by atoms with Gasteiger partial charge in [-0.1, -0.05) is 6.07 Å². The number of benzene rings is 2. The summed E-state index contributed by atoms with van der Waals surface area (Å²) >= 11 is 0. The van der Waals surface area contributed by atoms with Gasteiger partial charge in [-0.05, 0) is 24.3 Å². The van der Waals surface area contributed by atoms with E-state index in [2.05, 4.69) is 0 Å². The lowest BCUT2D eigenvalue weighted by atomic mass is 10.2. The molecule has 0 atom stereocenters. The average molecular weight is 271 g/mol. The Morgan fingerprint density at radius 2 is 2.05 bits per heavy atom. The van der Waals surface area contributed by atoms with Gasteiger partial charge in [-0.3, -0.25) is 10.1 Å². The van der Waals surface area contributed by atoms with Crippen LogP contribution < -0.4 is 4.90 Å². The molecule has 5 nitrogen and oxygen atoms in total. The standard InChI is InChI=1S/C14H10FN3O2/c1-17(11-4-2-3-10(7-11)9-16)14-6-5-12(18(19)20)8-13(14)15/h2-8H,1H3. The number of rotatable bonds is 3. The molecular formula is C14H10FN3O2. The molecule has 6 heteroatoms. The highest BCUT2D eigenvalue weighted by atomic mass is 19.1. The third kappa shape index (κ3) is 2.57. The van der Waals surface area contributed by atoms with E-state index in [4.69, 9.17) is 5.26 Å². The van der Waals surface area contributed by atoms with Crippen molar-refractivity contribution in [2.45, 2.75) is 0 Å². The molecule has 0 heterocycles. The zero-order valence-electron chi connectivity index (χ0n) is 10.6. The molecule has 0 saturated heterocycles. The van der Waals surface area contributed by atoms with Gasteiger partial charge in [0.25, 0.3) is 5.69 Å². The number of nitrogens with zero attached hydrogens (tertiary/aromatic N) is 3. The van der Waals surface area contributed by atoms with Crippen molar-refractivity contribution in [2.75, 3.05) is 11.9 Å². The molecule has 2 aromatic carbocycles. The summed E-state index contributed by atoms with van der Waals surface area (Å²) in [6.07, 6.45) is 0. The Morgan fingerprint density at radius 3 is 2.65 bits per heavy atom. The maximum absolute atomic E-state index is 13.9. The summed E-state index contributed by atoms with van der Waals surface area (Å²) < 4.78 is 13.9. The molecule has 0 fully saturated rings. The van der Waals surface area contributed by atoms with E-state index in [-0.39, 0.29) is 11.4 Å². The van der Waals surface area contributed by atoms with E-state index in [9.17, 15) is 14.5 Å². The van der Waals surface area contributed by atoms with Crippen molar-refractivity contribution in [1.29, 1.82) is 5.26 Å². The smallest absolute Gasteiger partial charge is 0.272 e. The van der Waals surface area contributed by atoms with Crippen molar-refractivity contribution >= 4 is 17.1 Å².